The van der Waals surface area contributed by atoms with Gasteiger partial charge in [0.25, 0.3) is 0 Å². The first-order valence-corrected chi connectivity index (χ1v) is 11.2. The van der Waals surface area contributed by atoms with Gasteiger partial charge in [-0.15, -0.1) is 5.92 Å². The van der Waals surface area contributed by atoms with Gasteiger partial charge >= 0.3 is 12.1 Å². The Bertz CT molecular complexity index is 962. The van der Waals surface area contributed by atoms with E-state index in [0.717, 1.165) is 0 Å². The molecule has 0 aliphatic carbocycles. The number of carbonyl (C=O) groups is 2. The van der Waals surface area contributed by atoms with Crippen LogP contribution >= 0.6 is 0 Å². The van der Waals surface area contributed by atoms with E-state index in [-0.39, 0.29) is 37.4 Å². The lowest BCUT2D eigenvalue weighted by molar-refractivity contribution is -0.146. The van der Waals surface area contributed by atoms with E-state index in [1.807, 2.05) is 0 Å². The number of nitrogens with zero attached hydrogens (tertiary/aromatic N) is 1. The minimum Gasteiger partial charge on any atom is -0.481 e. The minimum atomic E-state index is -4.12. The third-order valence-corrected chi connectivity index (χ3v) is 6.18. The maximum atomic E-state index is 12.8. The van der Waals surface area contributed by atoms with Gasteiger partial charge < -0.3 is 19.5 Å². The van der Waals surface area contributed by atoms with Crippen LogP contribution in [0, 0.1) is 11.8 Å². The molecule has 1 fully saturated rings. The van der Waals surface area contributed by atoms with Gasteiger partial charge in [0.15, 0.2) is 0 Å². The molecular weight excluding hydrogens is 424 g/mol. The van der Waals surface area contributed by atoms with E-state index in [1.165, 1.54) is 29.2 Å². The SMILES string of the molecule is CC#CCOc1ccc(S(=O)(=O)NC2(C(=O)O)CCN(C(=O)OC(C)(C)C)CC2)cc1. The predicted octanol–water partition coefficient (Wildman–Crippen LogP) is 2.22. The van der Waals surface area contributed by atoms with E-state index >= 15 is 0 Å². The predicted molar refractivity (Wildman–Crippen MR) is 113 cm³/mol. The van der Waals surface area contributed by atoms with Crippen LogP contribution in [-0.4, -0.2) is 61.3 Å². The van der Waals surface area contributed by atoms with Crippen molar-refractivity contribution in [2.45, 2.75) is 56.6 Å². The van der Waals surface area contributed by atoms with Gasteiger partial charge in [0.1, 0.15) is 23.5 Å². The molecule has 9 nitrogen and oxygen atoms in total. The summed E-state index contributed by atoms with van der Waals surface area (Å²) in [5, 5.41) is 9.78. The second-order valence-corrected chi connectivity index (χ2v) is 9.83. The highest BCUT2D eigenvalue weighted by molar-refractivity contribution is 7.89. The number of nitrogens with one attached hydrogen (secondary N) is 1. The fraction of sp³-hybridized carbons (Fsp3) is 0.524. The first kappa shape index (κ1) is 24.5. The average Bonchev–Trinajstić information content (AvgIpc) is 2.67. The number of ether oxygens (including phenoxy) is 2. The van der Waals surface area contributed by atoms with Gasteiger partial charge in [-0.25, -0.2) is 13.2 Å². The van der Waals surface area contributed by atoms with E-state index in [4.69, 9.17) is 9.47 Å². The van der Waals surface area contributed by atoms with E-state index < -0.39 is 33.2 Å². The van der Waals surface area contributed by atoms with Gasteiger partial charge in [-0.3, -0.25) is 4.79 Å². The van der Waals surface area contributed by atoms with Gasteiger partial charge in [0, 0.05) is 13.1 Å². The molecule has 10 heteroatoms. The molecule has 0 bridgehead atoms. The third kappa shape index (κ3) is 6.60. The molecule has 1 heterocycles. The molecule has 0 atom stereocenters. The number of hydrogen-bond donors (Lipinski definition) is 2. The number of sulfonamides is 1. The fourth-order valence-corrected chi connectivity index (χ4v) is 4.40. The number of piperidine rings is 1. The molecule has 1 amide bonds. The molecule has 0 radical (unpaired) electrons. The summed E-state index contributed by atoms with van der Waals surface area (Å²) in [7, 11) is -4.12. The van der Waals surface area contributed by atoms with Gasteiger partial charge in [0.2, 0.25) is 10.0 Å². The van der Waals surface area contributed by atoms with E-state index in [0.29, 0.717) is 5.75 Å². The van der Waals surface area contributed by atoms with Crippen molar-refractivity contribution in [3.05, 3.63) is 24.3 Å². The van der Waals surface area contributed by atoms with Crippen LogP contribution in [-0.2, 0) is 19.6 Å². The molecule has 0 aromatic heterocycles. The summed E-state index contributed by atoms with van der Waals surface area (Å²) in [5.74, 6) is 4.57. The summed E-state index contributed by atoms with van der Waals surface area (Å²) < 4.78 is 38.7. The standard InChI is InChI=1S/C21H28N2O7S/c1-5-6-15-29-16-7-9-17(10-8-16)31(27,28)22-21(18(24)25)11-13-23(14-12-21)19(26)30-20(2,3)4/h7-10,22H,11-15H2,1-4H3,(H,24,25). The summed E-state index contributed by atoms with van der Waals surface area (Å²) in [4.78, 5) is 25.5. The van der Waals surface area contributed by atoms with Crippen molar-refractivity contribution in [3.63, 3.8) is 0 Å². The number of aliphatic carboxylic acids is 1. The molecule has 1 saturated heterocycles. The molecule has 0 unspecified atom stereocenters. The largest absolute Gasteiger partial charge is 0.481 e. The number of amides is 1. The Balaban J connectivity index is 2.11. The Morgan fingerprint density at radius 3 is 2.26 bits per heavy atom. The normalized spacial score (nSPS) is 16.1. The molecule has 31 heavy (non-hydrogen) atoms. The fourth-order valence-electron chi connectivity index (χ4n) is 2.98. The van der Waals surface area contributed by atoms with Crippen LogP contribution in [0.4, 0.5) is 4.79 Å². The van der Waals surface area contributed by atoms with Crippen LogP contribution in [0.2, 0.25) is 0 Å². The van der Waals surface area contributed by atoms with Crippen molar-refractivity contribution in [1.82, 2.24) is 9.62 Å². The number of likely N-dealkylation sites (tertiary alicyclic amines) is 1. The van der Waals surface area contributed by atoms with Crippen LogP contribution in [0.5, 0.6) is 5.75 Å². The number of carboxylic acid groups (broad SMARTS) is 1. The molecule has 2 N–H and O–H groups in total. The molecule has 1 aliphatic rings. The zero-order valence-electron chi connectivity index (χ0n) is 18.1. The smallest absolute Gasteiger partial charge is 0.410 e. The number of carboxylic acids is 1. The lowest BCUT2D eigenvalue weighted by atomic mass is 9.89. The van der Waals surface area contributed by atoms with Crippen LogP contribution < -0.4 is 9.46 Å². The maximum absolute atomic E-state index is 12.8. The van der Waals surface area contributed by atoms with Gasteiger partial charge in [-0.05, 0) is 64.8 Å². The van der Waals surface area contributed by atoms with Gasteiger partial charge in [0.05, 0.1) is 4.90 Å². The van der Waals surface area contributed by atoms with Crippen molar-refractivity contribution in [3.8, 4) is 17.6 Å². The van der Waals surface area contributed by atoms with Crippen LogP contribution in [0.15, 0.2) is 29.2 Å². The quantitative estimate of drug-likeness (QED) is 0.635. The average molecular weight is 453 g/mol. The highest BCUT2D eigenvalue weighted by atomic mass is 32.2. The Morgan fingerprint density at radius 1 is 1.19 bits per heavy atom. The lowest BCUT2D eigenvalue weighted by Gasteiger charge is -2.39. The Labute approximate surface area is 182 Å². The summed E-state index contributed by atoms with van der Waals surface area (Å²) in [6.07, 6.45) is -0.729. The highest BCUT2D eigenvalue weighted by Crippen LogP contribution is 2.27. The second kappa shape index (κ2) is 9.58. The summed E-state index contributed by atoms with van der Waals surface area (Å²) in [5.41, 5.74) is -2.40. The topological polar surface area (TPSA) is 122 Å². The number of rotatable bonds is 6. The minimum absolute atomic E-state index is 0.0506. The summed E-state index contributed by atoms with van der Waals surface area (Å²) in [6, 6.07) is 5.62. The summed E-state index contributed by atoms with van der Waals surface area (Å²) in [6.45, 7) is 7.16. The molecule has 0 saturated carbocycles. The van der Waals surface area contributed by atoms with E-state index in [2.05, 4.69) is 16.6 Å². The molecular formula is C21H28N2O7S. The Hall–Kier alpha value is -2.77. The molecule has 1 aromatic rings. The molecule has 2 rings (SSSR count). The van der Waals surface area contributed by atoms with Crippen molar-refractivity contribution in [1.29, 1.82) is 0 Å². The van der Waals surface area contributed by atoms with E-state index in [9.17, 15) is 23.1 Å². The molecule has 0 spiro atoms. The number of benzene rings is 1. The zero-order chi connectivity index (χ0) is 23.3. The highest BCUT2D eigenvalue weighted by Gasteiger charge is 2.46. The third-order valence-electron chi connectivity index (χ3n) is 4.63. The summed E-state index contributed by atoms with van der Waals surface area (Å²) >= 11 is 0. The molecule has 170 valence electrons. The van der Waals surface area contributed by atoms with Gasteiger partial charge in [-0.1, -0.05) is 5.92 Å². The maximum Gasteiger partial charge on any atom is 0.410 e. The van der Waals surface area contributed by atoms with Crippen molar-refractivity contribution in [2.75, 3.05) is 19.7 Å². The van der Waals surface area contributed by atoms with Crippen molar-refractivity contribution >= 4 is 22.1 Å². The molecule has 1 aromatic carbocycles. The van der Waals surface area contributed by atoms with Crippen LogP contribution in [0.25, 0.3) is 0 Å². The zero-order valence-corrected chi connectivity index (χ0v) is 18.9. The number of hydrogen-bond acceptors (Lipinski definition) is 6. The first-order valence-electron chi connectivity index (χ1n) is 9.76. The first-order chi connectivity index (χ1) is 14.4. The van der Waals surface area contributed by atoms with Crippen molar-refractivity contribution in [2.24, 2.45) is 0 Å². The number of carbonyl (C=O) groups excluding carboxylic acids is 1. The van der Waals surface area contributed by atoms with Gasteiger partial charge in [-0.2, -0.15) is 4.72 Å². The van der Waals surface area contributed by atoms with Crippen LogP contribution in [0.3, 0.4) is 0 Å². The Morgan fingerprint density at radius 2 is 1.77 bits per heavy atom. The lowest BCUT2D eigenvalue weighted by Crippen LogP contribution is -2.60. The van der Waals surface area contributed by atoms with E-state index in [1.54, 1.807) is 27.7 Å². The monoisotopic (exact) mass is 452 g/mol. The Kier molecular flexibility index (Phi) is 7.57. The van der Waals surface area contributed by atoms with Crippen LogP contribution in [0.1, 0.15) is 40.5 Å². The van der Waals surface area contributed by atoms with Crippen molar-refractivity contribution < 1.29 is 32.6 Å². The molecule has 1 aliphatic heterocycles. The second-order valence-electron chi connectivity index (χ2n) is 8.15.